The average Bonchev–Trinajstić information content (AvgIpc) is 2.01. The van der Waals surface area contributed by atoms with Crippen LogP contribution < -0.4 is 11.5 Å². The Kier molecular flexibility index (Phi) is 5.91. The predicted molar refractivity (Wildman–Crippen MR) is 56.1 cm³/mol. The topological polar surface area (TPSA) is 92.5 Å². The number of rotatable bonds is 6. The molecule has 80 valence electrons. The number of hydrogen-bond donors (Lipinski definition) is 4. The maximum Gasteiger partial charge on any atom is 0.108 e. The quantitative estimate of drug-likeness (QED) is 0.449. The van der Waals surface area contributed by atoms with Gasteiger partial charge in [-0.25, -0.2) is 0 Å². The van der Waals surface area contributed by atoms with Crippen molar-refractivity contribution in [3.8, 4) is 0 Å². The Morgan fingerprint density at radius 2 is 1.92 bits per heavy atom. The molecular weight excluding hydrogens is 188 g/mol. The summed E-state index contributed by atoms with van der Waals surface area (Å²) in [4.78, 5) is 0. The fraction of sp³-hybridized carbons (Fsp3) is 1.00. The van der Waals surface area contributed by atoms with Crippen LogP contribution in [-0.2, 0) is 0 Å². The van der Waals surface area contributed by atoms with Gasteiger partial charge in [-0.2, -0.15) is 11.8 Å². The van der Waals surface area contributed by atoms with Crippen molar-refractivity contribution in [1.29, 1.82) is 0 Å². The van der Waals surface area contributed by atoms with Gasteiger partial charge in [-0.1, -0.05) is 6.92 Å². The Labute approximate surface area is 83.7 Å². The van der Waals surface area contributed by atoms with Crippen LogP contribution in [-0.4, -0.2) is 34.7 Å². The lowest BCUT2D eigenvalue weighted by atomic mass is 9.85. The van der Waals surface area contributed by atoms with Gasteiger partial charge in [-0.05, 0) is 19.1 Å². The van der Waals surface area contributed by atoms with Crippen LogP contribution in [0.25, 0.3) is 0 Å². The van der Waals surface area contributed by atoms with E-state index in [1.165, 1.54) is 0 Å². The van der Waals surface area contributed by atoms with E-state index in [2.05, 4.69) is 0 Å². The highest BCUT2D eigenvalue weighted by atomic mass is 32.2. The summed E-state index contributed by atoms with van der Waals surface area (Å²) in [6.07, 6.45) is 1.37. The normalized spacial score (nSPS) is 20.8. The summed E-state index contributed by atoms with van der Waals surface area (Å²) in [5.41, 5.74) is 10.3. The van der Waals surface area contributed by atoms with E-state index in [0.29, 0.717) is 12.8 Å². The Bertz CT molecular complexity index is 144. The SMILES string of the molecule is CSCC(C)(CCC(N)O)C(N)O. The van der Waals surface area contributed by atoms with Gasteiger partial charge in [0.25, 0.3) is 0 Å². The molecule has 0 aliphatic rings. The Hall–Kier alpha value is 0.190. The Morgan fingerprint density at radius 3 is 2.23 bits per heavy atom. The molecule has 0 saturated heterocycles. The molecule has 0 amide bonds. The molecule has 0 aliphatic heterocycles. The summed E-state index contributed by atoms with van der Waals surface area (Å²) in [7, 11) is 0. The Morgan fingerprint density at radius 1 is 1.38 bits per heavy atom. The largest absolute Gasteiger partial charge is 0.379 e. The smallest absolute Gasteiger partial charge is 0.108 e. The molecule has 5 heteroatoms. The molecule has 0 saturated carbocycles. The van der Waals surface area contributed by atoms with E-state index < -0.39 is 12.5 Å². The molecule has 0 aliphatic carbocycles. The molecule has 0 radical (unpaired) electrons. The molecule has 0 aromatic carbocycles. The van der Waals surface area contributed by atoms with Crippen molar-refractivity contribution in [2.75, 3.05) is 12.0 Å². The van der Waals surface area contributed by atoms with Crippen LogP contribution in [0.1, 0.15) is 19.8 Å². The third-order valence-electron chi connectivity index (χ3n) is 2.20. The number of thioether (sulfide) groups is 1. The molecule has 4 nitrogen and oxygen atoms in total. The van der Waals surface area contributed by atoms with Crippen LogP contribution >= 0.6 is 11.8 Å². The first-order valence-electron chi connectivity index (χ1n) is 4.28. The molecular formula is C8H20N2O2S. The fourth-order valence-electron chi connectivity index (χ4n) is 1.11. The molecule has 3 unspecified atom stereocenters. The van der Waals surface area contributed by atoms with Crippen LogP contribution in [0.15, 0.2) is 0 Å². The van der Waals surface area contributed by atoms with Crippen LogP contribution in [0.5, 0.6) is 0 Å². The highest BCUT2D eigenvalue weighted by Gasteiger charge is 2.30. The maximum atomic E-state index is 9.36. The summed E-state index contributed by atoms with van der Waals surface area (Å²) in [5, 5.41) is 18.3. The molecule has 3 atom stereocenters. The first-order valence-corrected chi connectivity index (χ1v) is 5.68. The number of nitrogens with two attached hydrogens (primary N) is 2. The second-order valence-electron chi connectivity index (χ2n) is 3.64. The van der Waals surface area contributed by atoms with Gasteiger partial charge in [0.05, 0.1) is 0 Å². The van der Waals surface area contributed by atoms with E-state index in [9.17, 15) is 5.11 Å². The van der Waals surface area contributed by atoms with Crippen molar-refractivity contribution >= 4 is 11.8 Å². The minimum Gasteiger partial charge on any atom is -0.379 e. The zero-order chi connectivity index (χ0) is 10.5. The second kappa shape index (κ2) is 5.82. The zero-order valence-corrected chi connectivity index (χ0v) is 9.05. The van der Waals surface area contributed by atoms with E-state index in [1.54, 1.807) is 11.8 Å². The number of aliphatic hydroxyl groups excluding tert-OH is 2. The van der Waals surface area contributed by atoms with Crippen molar-refractivity contribution in [2.45, 2.75) is 32.2 Å². The predicted octanol–water partition coefficient (Wildman–Crippen LogP) is -0.310. The molecule has 6 N–H and O–H groups in total. The molecule has 0 heterocycles. The third kappa shape index (κ3) is 4.83. The lowest BCUT2D eigenvalue weighted by molar-refractivity contribution is 0.0401. The summed E-state index contributed by atoms with van der Waals surface area (Å²) in [6.45, 7) is 1.90. The maximum absolute atomic E-state index is 9.36. The Balaban J connectivity index is 4.07. The zero-order valence-electron chi connectivity index (χ0n) is 8.23. The van der Waals surface area contributed by atoms with Crippen LogP contribution in [0.2, 0.25) is 0 Å². The third-order valence-corrected chi connectivity index (χ3v) is 3.15. The molecule has 0 spiro atoms. The highest BCUT2D eigenvalue weighted by molar-refractivity contribution is 7.98. The second-order valence-corrected chi connectivity index (χ2v) is 4.50. The first-order chi connectivity index (χ1) is 5.92. The summed E-state index contributed by atoms with van der Waals surface area (Å²) in [6, 6.07) is 0. The van der Waals surface area contributed by atoms with Gasteiger partial charge in [-0.15, -0.1) is 0 Å². The van der Waals surface area contributed by atoms with Gasteiger partial charge in [-0.3, -0.25) is 0 Å². The monoisotopic (exact) mass is 208 g/mol. The summed E-state index contributed by atoms with van der Waals surface area (Å²) >= 11 is 1.63. The van der Waals surface area contributed by atoms with Crippen molar-refractivity contribution < 1.29 is 10.2 Å². The van der Waals surface area contributed by atoms with E-state index in [1.807, 2.05) is 13.2 Å². The lowest BCUT2D eigenvalue weighted by Gasteiger charge is -2.32. The molecule has 0 aromatic heterocycles. The van der Waals surface area contributed by atoms with E-state index in [-0.39, 0.29) is 5.41 Å². The van der Waals surface area contributed by atoms with Gasteiger partial charge in [0, 0.05) is 11.2 Å². The summed E-state index contributed by atoms with van der Waals surface area (Å²) in [5.74, 6) is 0.761. The fourth-order valence-corrected chi connectivity index (χ4v) is 2.09. The van der Waals surface area contributed by atoms with E-state index >= 15 is 0 Å². The molecule has 0 fully saturated rings. The molecule has 13 heavy (non-hydrogen) atoms. The number of hydrogen-bond acceptors (Lipinski definition) is 5. The van der Waals surface area contributed by atoms with Gasteiger partial charge >= 0.3 is 0 Å². The number of aliphatic hydroxyl groups is 2. The van der Waals surface area contributed by atoms with Crippen LogP contribution in [0.3, 0.4) is 0 Å². The standard InChI is InChI=1S/C8H20N2O2S/c1-8(5-13-2,7(10)12)4-3-6(9)11/h6-7,11-12H,3-5,9-10H2,1-2H3. The minimum atomic E-state index is -0.862. The van der Waals surface area contributed by atoms with Gasteiger partial charge < -0.3 is 21.7 Å². The molecule has 0 rings (SSSR count). The van der Waals surface area contributed by atoms with Crippen molar-refractivity contribution in [3.05, 3.63) is 0 Å². The lowest BCUT2D eigenvalue weighted by Crippen LogP contribution is -2.42. The first kappa shape index (κ1) is 13.2. The highest BCUT2D eigenvalue weighted by Crippen LogP contribution is 2.29. The van der Waals surface area contributed by atoms with Gasteiger partial charge in [0.2, 0.25) is 0 Å². The minimum absolute atomic E-state index is 0.361. The van der Waals surface area contributed by atoms with E-state index in [0.717, 1.165) is 5.75 Å². The van der Waals surface area contributed by atoms with E-state index in [4.69, 9.17) is 16.6 Å². The van der Waals surface area contributed by atoms with Crippen LogP contribution in [0, 0.1) is 5.41 Å². The average molecular weight is 208 g/mol. The van der Waals surface area contributed by atoms with Crippen molar-refractivity contribution in [1.82, 2.24) is 0 Å². The van der Waals surface area contributed by atoms with Gasteiger partial charge in [0.1, 0.15) is 12.5 Å². The van der Waals surface area contributed by atoms with Gasteiger partial charge in [0.15, 0.2) is 0 Å². The molecule has 0 aromatic rings. The van der Waals surface area contributed by atoms with Crippen molar-refractivity contribution in [3.63, 3.8) is 0 Å². The van der Waals surface area contributed by atoms with Crippen molar-refractivity contribution in [2.24, 2.45) is 16.9 Å². The molecule has 0 bridgehead atoms. The summed E-state index contributed by atoms with van der Waals surface area (Å²) < 4.78 is 0. The van der Waals surface area contributed by atoms with Crippen LogP contribution in [0.4, 0.5) is 0 Å².